The Balaban J connectivity index is 1.65. The van der Waals surface area contributed by atoms with Gasteiger partial charge in [0.05, 0.1) is 0 Å². The predicted molar refractivity (Wildman–Crippen MR) is 92.1 cm³/mol. The van der Waals surface area contributed by atoms with E-state index >= 15 is 0 Å². The molecular formula is C19H20N2. The number of rotatable bonds is 5. The van der Waals surface area contributed by atoms with Crippen molar-refractivity contribution in [1.82, 2.24) is 0 Å². The highest BCUT2D eigenvalue weighted by Crippen LogP contribution is 2.22. The van der Waals surface area contributed by atoms with Gasteiger partial charge in [-0.3, -0.25) is 0 Å². The number of hydrogen-bond acceptors (Lipinski definition) is 2. The van der Waals surface area contributed by atoms with Gasteiger partial charge in [0.15, 0.2) is 0 Å². The zero-order chi connectivity index (χ0) is 14.5. The molecule has 0 saturated heterocycles. The summed E-state index contributed by atoms with van der Waals surface area (Å²) in [5, 5.41) is 6.10. The van der Waals surface area contributed by atoms with Gasteiger partial charge >= 0.3 is 0 Å². The first-order valence-electron chi connectivity index (χ1n) is 7.32. The van der Waals surface area contributed by atoms with Crippen LogP contribution in [0.25, 0.3) is 10.8 Å². The van der Waals surface area contributed by atoms with Crippen LogP contribution in [-0.2, 0) is 0 Å². The second-order valence-electron chi connectivity index (χ2n) is 5.21. The normalized spacial score (nSPS) is 10.5. The van der Waals surface area contributed by atoms with Crippen LogP contribution in [0, 0.1) is 0 Å². The molecule has 0 fully saturated rings. The minimum absolute atomic E-state index is 0.916. The van der Waals surface area contributed by atoms with Gasteiger partial charge in [-0.05, 0) is 23.6 Å². The van der Waals surface area contributed by atoms with E-state index in [1.807, 2.05) is 6.07 Å². The second-order valence-corrected chi connectivity index (χ2v) is 5.21. The summed E-state index contributed by atoms with van der Waals surface area (Å²) < 4.78 is 0. The number of anilines is 2. The molecule has 0 amide bonds. The van der Waals surface area contributed by atoms with Crippen molar-refractivity contribution in [3.05, 3.63) is 72.8 Å². The fraction of sp³-hybridized carbons (Fsp3) is 0.158. The van der Waals surface area contributed by atoms with E-state index in [4.69, 9.17) is 0 Å². The van der Waals surface area contributed by atoms with Gasteiger partial charge in [-0.1, -0.05) is 54.6 Å². The molecule has 3 rings (SSSR count). The maximum atomic E-state index is 3.55. The molecule has 21 heavy (non-hydrogen) atoms. The Morgan fingerprint density at radius 3 is 2.38 bits per heavy atom. The van der Waals surface area contributed by atoms with Crippen molar-refractivity contribution in [2.45, 2.75) is 0 Å². The number of fused-ring (bicyclic) bond motifs is 1. The summed E-state index contributed by atoms with van der Waals surface area (Å²) in [5.74, 6) is 0. The average molecular weight is 276 g/mol. The van der Waals surface area contributed by atoms with Crippen LogP contribution in [0.1, 0.15) is 0 Å². The quantitative estimate of drug-likeness (QED) is 0.743. The molecule has 0 spiro atoms. The Kier molecular flexibility index (Phi) is 4.06. The minimum atomic E-state index is 0.916. The highest BCUT2D eigenvalue weighted by molar-refractivity contribution is 5.93. The SMILES string of the molecule is CN(CCNc1cccc2ccccc12)c1ccccc1. The first-order valence-corrected chi connectivity index (χ1v) is 7.32. The number of para-hydroxylation sites is 1. The highest BCUT2D eigenvalue weighted by Gasteiger charge is 2.01. The van der Waals surface area contributed by atoms with Gasteiger partial charge < -0.3 is 10.2 Å². The van der Waals surface area contributed by atoms with Crippen LogP contribution in [0.2, 0.25) is 0 Å². The van der Waals surface area contributed by atoms with Crippen molar-refractivity contribution in [3.8, 4) is 0 Å². The molecule has 2 heteroatoms. The predicted octanol–water partition coefficient (Wildman–Crippen LogP) is 4.39. The molecule has 0 atom stereocenters. The van der Waals surface area contributed by atoms with Crippen LogP contribution in [0.5, 0.6) is 0 Å². The van der Waals surface area contributed by atoms with Crippen molar-refractivity contribution in [1.29, 1.82) is 0 Å². The largest absolute Gasteiger partial charge is 0.383 e. The zero-order valence-corrected chi connectivity index (χ0v) is 12.3. The zero-order valence-electron chi connectivity index (χ0n) is 12.3. The molecule has 0 unspecified atom stereocenters. The molecule has 2 nitrogen and oxygen atoms in total. The maximum absolute atomic E-state index is 3.55. The van der Waals surface area contributed by atoms with Crippen LogP contribution in [0.3, 0.4) is 0 Å². The minimum Gasteiger partial charge on any atom is -0.383 e. The van der Waals surface area contributed by atoms with E-state index < -0.39 is 0 Å². The molecule has 0 aromatic heterocycles. The number of nitrogens with one attached hydrogen (secondary N) is 1. The van der Waals surface area contributed by atoms with Gasteiger partial charge in [0, 0.05) is 36.9 Å². The summed E-state index contributed by atoms with van der Waals surface area (Å²) in [5.41, 5.74) is 2.45. The van der Waals surface area contributed by atoms with Crippen LogP contribution in [0.4, 0.5) is 11.4 Å². The van der Waals surface area contributed by atoms with E-state index in [2.05, 4.69) is 84.0 Å². The number of hydrogen-bond donors (Lipinski definition) is 1. The molecule has 0 bridgehead atoms. The molecule has 1 N–H and O–H groups in total. The third-order valence-electron chi connectivity index (χ3n) is 3.75. The van der Waals surface area contributed by atoms with E-state index in [1.165, 1.54) is 22.1 Å². The van der Waals surface area contributed by atoms with Gasteiger partial charge in [-0.15, -0.1) is 0 Å². The lowest BCUT2D eigenvalue weighted by molar-refractivity contribution is 0.915. The van der Waals surface area contributed by atoms with Crippen molar-refractivity contribution in [3.63, 3.8) is 0 Å². The molecule has 3 aromatic carbocycles. The Hall–Kier alpha value is -2.48. The lowest BCUT2D eigenvalue weighted by Crippen LogP contribution is -2.24. The van der Waals surface area contributed by atoms with E-state index in [-0.39, 0.29) is 0 Å². The third-order valence-corrected chi connectivity index (χ3v) is 3.75. The summed E-state index contributed by atoms with van der Waals surface area (Å²) >= 11 is 0. The van der Waals surface area contributed by atoms with Crippen LogP contribution in [0.15, 0.2) is 72.8 Å². The van der Waals surface area contributed by atoms with E-state index in [0.717, 1.165) is 13.1 Å². The smallest absolute Gasteiger partial charge is 0.0420 e. The molecule has 0 saturated carbocycles. The summed E-state index contributed by atoms with van der Waals surface area (Å²) in [6, 6.07) is 25.3. The number of nitrogens with zero attached hydrogens (tertiary/aromatic N) is 1. The molecule has 0 aliphatic heterocycles. The fourth-order valence-corrected chi connectivity index (χ4v) is 2.55. The topological polar surface area (TPSA) is 15.3 Å². The molecule has 0 heterocycles. The summed E-state index contributed by atoms with van der Waals surface area (Å²) in [4.78, 5) is 2.26. The van der Waals surface area contributed by atoms with Crippen molar-refractivity contribution in [2.75, 3.05) is 30.4 Å². The monoisotopic (exact) mass is 276 g/mol. The molecule has 106 valence electrons. The lowest BCUT2D eigenvalue weighted by atomic mass is 10.1. The van der Waals surface area contributed by atoms with Gasteiger partial charge in [0.1, 0.15) is 0 Å². The van der Waals surface area contributed by atoms with Crippen LogP contribution >= 0.6 is 0 Å². The number of likely N-dealkylation sites (N-methyl/N-ethyl adjacent to an activating group) is 1. The van der Waals surface area contributed by atoms with Crippen molar-refractivity contribution < 1.29 is 0 Å². The fourth-order valence-electron chi connectivity index (χ4n) is 2.55. The van der Waals surface area contributed by atoms with Gasteiger partial charge in [0.25, 0.3) is 0 Å². The van der Waals surface area contributed by atoms with E-state index in [0.29, 0.717) is 0 Å². The Labute approximate surface area is 126 Å². The lowest BCUT2D eigenvalue weighted by Gasteiger charge is -2.20. The Morgan fingerprint density at radius 2 is 1.52 bits per heavy atom. The first kappa shape index (κ1) is 13.5. The molecule has 3 aromatic rings. The summed E-state index contributed by atoms with van der Waals surface area (Å²) in [7, 11) is 2.13. The molecule has 0 aliphatic rings. The first-order chi connectivity index (χ1) is 10.3. The Bertz CT molecular complexity index is 702. The molecule has 0 radical (unpaired) electrons. The molecule has 0 aliphatic carbocycles. The molecular weight excluding hydrogens is 256 g/mol. The van der Waals surface area contributed by atoms with E-state index in [1.54, 1.807) is 0 Å². The van der Waals surface area contributed by atoms with Crippen molar-refractivity contribution >= 4 is 22.1 Å². The summed E-state index contributed by atoms with van der Waals surface area (Å²) in [6.07, 6.45) is 0. The van der Waals surface area contributed by atoms with Gasteiger partial charge in [-0.2, -0.15) is 0 Å². The standard InChI is InChI=1S/C19H20N2/c1-21(17-10-3-2-4-11-17)15-14-20-19-13-7-9-16-8-5-6-12-18(16)19/h2-13,20H,14-15H2,1H3. The van der Waals surface area contributed by atoms with Crippen LogP contribution < -0.4 is 10.2 Å². The highest BCUT2D eigenvalue weighted by atomic mass is 15.1. The average Bonchev–Trinajstić information content (AvgIpc) is 2.56. The summed E-state index contributed by atoms with van der Waals surface area (Å²) in [6.45, 7) is 1.88. The van der Waals surface area contributed by atoms with Crippen LogP contribution in [-0.4, -0.2) is 20.1 Å². The van der Waals surface area contributed by atoms with Gasteiger partial charge in [0.2, 0.25) is 0 Å². The van der Waals surface area contributed by atoms with Gasteiger partial charge in [-0.25, -0.2) is 0 Å². The second kappa shape index (κ2) is 6.31. The maximum Gasteiger partial charge on any atom is 0.0420 e. The third kappa shape index (κ3) is 3.16. The Morgan fingerprint density at radius 1 is 0.810 bits per heavy atom. The van der Waals surface area contributed by atoms with E-state index in [9.17, 15) is 0 Å². The number of benzene rings is 3. The van der Waals surface area contributed by atoms with Crippen molar-refractivity contribution in [2.24, 2.45) is 0 Å².